The Morgan fingerprint density at radius 3 is 2.53 bits per heavy atom. The minimum absolute atomic E-state index is 0.0265. The van der Waals surface area contributed by atoms with Gasteiger partial charge in [0.1, 0.15) is 5.75 Å². The Bertz CT molecular complexity index is 446. The molecule has 0 heterocycles. The van der Waals surface area contributed by atoms with E-state index in [0.29, 0.717) is 16.3 Å². The van der Waals surface area contributed by atoms with E-state index in [2.05, 4.69) is 0 Å². The second kappa shape index (κ2) is 5.38. The largest absolute Gasteiger partial charge is 0.496 e. The lowest BCUT2D eigenvalue weighted by Crippen LogP contribution is -2.22. The summed E-state index contributed by atoms with van der Waals surface area (Å²) in [4.78, 5) is 11.1. The molecule has 1 aromatic rings. The number of carboxylic acids is 1. The zero-order valence-electron chi connectivity index (χ0n) is 10.1. The molecule has 94 valence electrons. The first-order valence-corrected chi connectivity index (χ1v) is 5.58. The highest BCUT2D eigenvalue weighted by molar-refractivity contribution is 6.31. The fraction of sp³-hybridized carbons (Fsp3) is 0.417. The maximum absolute atomic E-state index is 11.1. The Balaban J connectivity index is 3.44. The van der Waals surface area contributed by atoms with Crippen molar-refractivity contribution in [2.75, 3.05) is 13.7 Å². The smallest absolute Gasteiger partial charge is 0.312 e. The number of halogens is 1. The highest BCUT2D eigenvalue weighted by Crippen LogP contribution is 2.35. The van der Waals surface area contributed by atoms with Crippen LogP contribution in [0.3, 0.4) is 0 Å². The third-order valence-electron chi connectivity index (χ3n) is 2.87. The van der Waals surface area contributed by atoms with Crippen LogP contribution in [0.5, 0.6) is 5.75 Å². The van der Waals surface area contributed by atoms with E-state index >= 15 is 0 Å². The second-order valence-corrected chi connectivity index (χ2v) is 4.26. The topological polar surface area (TPSA) is 72.5 Å². The number of aliphatic carboxylic acids is 1. The van der Waals surface area contributed by atoms with Crippen molar-refractivity contribution in [3.8, 4) is 5.75 Å². The van der Waals surface area contributed by atoms with E-state index in [1.807, 2.05) is 13.8 Å². The number of carbonyl (C=O) groups is 1. The Morgan fingerprint density at radius 1 is 1.53 bits per heavy atom. The Kier molecular flexibility index (Phi) is 4.37. The Hall–Kier alpha value is -1.26. The molecule has 0 aliphatic heterocycles. The average Bonchev–Trinajstić information content (AvgIpc) is 2.26. The maximum atomic E-state index is 11.1. The minimum Gasteiger partial charge on any atom is -0.496 e. The molecular formula is C12H16ClNO3. The van der Waals surface area contributed by atoms with E-state index < -0.39 is 11.9 Å². The normalized spacial score (nSPS) is 12.3. The first-order valence-electron chi connectivity index (χ1n) is 5.20. The van der Waals surface area contributed by atoms with Crippen LogP contribution < -0.4 is 10.5 Å². The fourth-order valence-electron chi connectivity index (χ4n) is 1.90. The Labute approximate surface area is 105 Å². The summed E-state index contributed by atoms with van der Waals surface area (Å²) >= 11 is 6.06. The predicted octanol–water partition coefficient (Wildman–Crippen LogP) is 2.09. The number of rotatable bonds is 4. The average molecular weight is 258 g/mol. The summed E-state index contributed by atoms with van der Waals surface area (Å²) in [6.07, 6.45) is 0. The van der Waals surface area contributed by atoms with Gasteiger partial charge in [-0.15, -0.1) is 0 Å². The third-order valence-corrected chi connectivity index (χ3v) is 3.26. The van der Waals surface area contributed by atoms with Crippen LogP contribution in [0.1, 0.15) is 22.6 Å². The monoisotopic (exact) mass is 257 g/mol. The predicted molar refractivity (Wildman–Crippen MR) is 66.9 cm³/mol. The summed E-state index contributed by atoms with van der Waals surface area (Å²) in [6, 6.07) is 1.65. The van der Waals surface area contributed by atoms with Gasteiger partial charge in [-0.05, 0) is 31.0 Å². The lowest BCUT2D eigenvalue weighted by atomic mass is 9.92. The van der Waals surface area contributed by atoms with Crippen LogP contribution >= 0.6 is 11.6 Å². The molecule has 0 spiro atoms. The molecule has 1 aromatic carbocycles. The van der Waals surface area contributed by atoms with E-state index in [4.69, 9.17) is 27.2 Å². The molecule has 0 saturated carbocycles. The molecule has 5 heteroatoms. The van der Waals surface area contributed by atoms with E-state index in [1.165, 1.54) is 7.11 Å². The highest BCUT2D eigenvalue weighted by Gasteiger charge is 2.23. The summed E-state index contributed by atoms with van der Waals surface area (Å²) in [5.74, 6) is -1.10. The van der Waals surface area contributed by atoms with E-state index in [9.17, 15) is 4.79 Å². The molecule has 0 amide bonds. The van der Waals surface area contributed by atoms with Crippen molar-refractivity contribution >= 4 is 17.6 Å². The van der Waals surface area contributed by atoms with Crippen molar-refractivity contribution in [2.24, 2.45) is 5.73 Å². The van der Waals surface area contributed by atoms with Gasteiger partial charge in [-0.2, -0.15) is 0 Å². The quantitative estimate of drug-likeness (QED) is 0.866. The maximum Gasteiger partial charge on any atom is 0.312 e. The number of nitrogens with two attached hydrogens (primary N) is 1. The van der Waals surface area contributed by atoms with Gasteiger partial charge in [0.2, 0.25) is 0 Å². The molecule has 0 aromatic heterocycles. The number of ether oxygens (including phenoxy) is 1. The first-order chi connectivity index (χ1) is 7.93. The van der Waals surface area contributed by atoms with Crippen LogP contribution in [-0.2, 0) is 4.79 Å². The van der Waals surface area contributed by atoms with Gasteiger partial charge in [-0.25, -0.2) is 0 Å². The standard InChI is InChI=1S/C12H16ClNO3/c1-6-8(9(5-14)12(15)16)4-10(13)7(2)11(6)17-3/h4,9H,5,14H2,1-3H3,(H,15,16). The molecule has 1 atom stereocenters. The van der Waals surface area contributed by atoms with Crippen LogP contribution in [0.25, 0.3) is 0 Å². The van der Waals surface area contributed by atoms with Crippen molar-refractivity contribution in [2.45, 2.75) is 19.8 Å². The lowest BCUT2D eigenvalue weighted by molar-refractivity contribution is -0.138. The molecule has 1 unspecified atom stereocenters. The zero-order chi connectivity index (χ0) is 13.2. The number of methoxy groups -OCH3 is 1. The van der Waals surface area contributed by atoms with Gasteiger partial charge in [0, 0.05) is 17.1 Å². The van der Waals surface area contributed by atoms with E-state index in [0.717, 1.165) is 11.1 Å². The summed E-state index contributed by atoms with van der Waals surface area (Å²) in [6.45, 7) is 3.66. The number of carboxylic acid groups (broad SMARTS) is 1. The number of hydrogen-bond acceptors (Lipinski definition) is 3. The van der Waals surface area contributed by atoms with Gasteiger partial charge in [-0.1, -0.05) is 11.6 Å². The van der Waals surface area contributed by atoms with Crippen LogP contribution in [0.4, 0.5) is 0 Å². The van der Waals surface area contributed by atoms with Gasteiger partial charge < -0.3 is 15.6 Å². The summed E-state index contributed by atoms with van der Waals surface area (Å²) in [5, 5.41) is 9.60. The minimum atomic E-state index is -0.961. The molecule has 0 saturated heterocycles. The molecule has 3 N–H and O–H groups in total. The van der Waals surface area contributed by atoms with Crippen molar-refractivity contribution in [1.82, 2.24) is 0 Å². The summed E-state index contributed by atoms with van der Waals surface area (Å²) < 4.78 is 5.25. The molecule has 1 rings (SSSR count). The van der Waals surface area contributed by atoms with Gasteiger partial charge in [0.05, 0.1) is 13.0 Å². The third kappa shape index (κ3) is 2.53. The summed E-state index contributed by atoms with van der Waals surface area (Å²) in [7, 11) is 1.54. The van der Waals surface area contributed by atoms with Crippen LogP contribution in [0.2, 0.25) is 5.02 Å². The van der Waals surface area contributed by atoms with Gasteiger partial charge in [0.15, 0.2) is 0 Å². The zero-order valence-corrected chi connectivity index (χ0v) is 10.8. The fourth-order valence-corrected chi connectivity index (χ4v) is 2.11. The molecule has 0 fully saturated rings. The van der Waals surface area contributed by atoms with E-state index in [1.54, 1.807) is 6.07 Å². The lowest BCUT2D eigenvalue weighted by Gasteiger charge is -2.18. The summed E-state index contributed by atoms with van der Waals surface area (Å²) in [5.41, 5.74) is 7.67. The molecule has 0 aliphatic rings. The van der Waals surface area contributed by atoms with Crippen LogP contribution in [0, 0.1) is 13.8 Å². The first kappa shape index (κ1) is 13.8. The van der Waals surface area contributed by atoms with Gasteiger partial charge >= 0.3 is 5.97 Å². The molecule has 0 radical (unpaired) electrons. The Morgan fingerprint density at radius 2 is 2.12 bits per heavy atom. The number of benzene rings is 1. The molecule has 4 nitrogen and oxygen atoms in total. The van der Waals surface area contributed by atoms with E-state index in [-0.39, 0.29) is 6.54 Å². The van der Waals surface area contributed by atoms with Crippen molar-refractivity contribution < 1.29 is 14.6 Å². The van der Waals surface area contributed by atoms with Crippen molar-refractivity contribution in [3.63, 3.8) is 0 Å². The molecular weight excluding hydrogens is 242 g/mol. The highest BCUT2D eigenvalue weighted by atomic mass is 35.5. The van der Waals surface area contributed by atoms with Crippen LogP contribution in [-0.4, -0.2) is 24.7 Å². The van der Waals surface area contributed by atoms with Gasteiger partial charge in [-0.3, -0.25) is 4.79 Å². The SMILES string of the molecule is COc1c(C)c(Cl)cc(C(CN)C(=O)O)c1C. The van der Waals surface area contributed by atoms with Crippen molar-refractivity contribution in [3.05, 3.63) is 27.8 Å². The second-order valence-electron chi connectivity index (χ2n) is 3.86. The van der Waals surface area contributed by atoms with Gasteiger partial charge in [0.25, 0.3) is 0 Å². The molecule has 0 aliphatic carbocycles. The molecule has 17 heavy (non-hydrogen) atoms. The van der Waals surface area contributed by atoms with Crippen LogP contribution in [0.15, 0.2) is 6.07 Å². The number of hydrogen-bond donors (Lipinski definition) is 2. The van der Waals surface area contributed by atoms with Crippen molar-refractivity contribution in [1.29, 1.82) is 0 Å². The molecule has 0 bridgehead atoms.